The van der Waals surface area contributed by atoms with E-state index in [0.717, 1.165) is 11.0 Å². The average Bonchev–Trinajstić information content (AvgIpc) is 2.90. The Hall–Kier alpha value is -0.340. The van der Waals surface area contributed by atoms with E-state index >= 15 is 0 Å². The molecule has 0 aromatic heterocycles. The molecule has 0 radical (unpaired) electrons. The molecule has 118 valence electrons. The Labute approximate surface area is 132 Å². The molecule has 0 saturated heterocycles. The third kappa shape index (κ3) is 8.06. The molecule has 1 aliphatic heterocycles. The third-order valence-electron chi connectivity index (χ3n) is 4.26. The minimum Gasteiger partial charge on any atom is -1.00 e. The Bertz CT molecular complexity index is 262. The number of rotatable bonds is 12. The third-order valence-corrected chi connectivity index (χ3v) is 4.26. The predicted molar refractivity (Wildman–Crippen MR) is 85.1 cm³/mol. The molecule has 2 nitrogen and oxygen atoms in total. The molecule has 20 heavy (non-hydrogen) atoms. The highest BCUT2D eigenvalue weighted by molar-refractivity contribution is 5.50. The van der Waals surface area contributed by atoms with Gasteiger partial charge in [-0.15, -0.1) is 0 Å². The van der Waals surface area contributed by atoms with E-state index < -0.39 is 0 Å². The number of quaternary nitrogens is 1. The molecule has 1 atom stereocenters. The van der Waals surface area contributed by atoms with Gasteiger partial charge < -0.3 is 12.4 Å². The van der Waals surface area contributed by atoms with E-state index in [4.69, 9.17) is 0 Å². The highest BCUT2D eigenvalue weighted by Gasteiger charge is 2.22. The summed E-state index contributed by atoms with van der Waals surface area (Å²) in [6.07, 6.45) is 20.4. The van der Waals surface area contributed by atoms with Crippen LogP contribution in [0.4, 0.5) is 0 Å². The molecule has 0 aromatic carbocycles. The quantitative estimate of drug-likeness (QED) is 0.387. The van der Waals surface area contributed by atoms with Gasteiger partial charge in [0, 0.05) is 0 Å². The first-order valence-electron chi connectivity index (χ1n) is 8.41. The van der Waals surface area contributed by atoms with E-state index in [0.29, 0.717) is 0 Å². The molecular weight excluding hydrogens is 268 g/mol. The Kier molecular flexibility index (Phi) is 12.2. The molecule has 0 aromatic rings. The van der Waals surface area contributed by atoms with Gasteiger partial charge in [-0.2, -0.15) is 0 Å². The molecule has 0 aliphatic carbocycles. The molecule has 1 heterocycles. The standard InChI is InChI=1S/C17H33N2.ClH/c1-3-5-6-7-8-9-10-11-12-13-15-19(4-2)16-14-18-17-19;/h14,16-17H,3-13,15H2,1-2H3;1H/q+1;/p-1. The smallest absolute Gasteiger partial charge is 0.194 e. The lowest BCUT2D eigenvalue weighted by Gasteiger charge is -2.25. The largest absolute Gasteiger partial charge is 1.00 e. The fourth-order valence-electron chi connectivity index (χ4n) is 2.75. The monoisotopic (exact) mass is 300 g/mol. The molecule has 1 unspecified atom stereocenters. The van der Waals surface area contributed by atoms with Gasteiger partial charge >= 0.3 is 0 Å². The number of hydrogen-bond donors (Lipinski definition) is 0. The van der Waals surface area contributed by atoms with Crippen LogP contribution < -0.4 is 12.4 Å². The molecule has 0 spiro atoms. The first kappa shape index (κ1) is 19.7. The van der Waals surface area contributed by atoms with E-state index in [1.54, 1.807) is 0 Å². The van der Waals surface area contributed by atoms with Crippen molar-refractivity contribution < 1.29 is 16.9 Å². The zero-order valence-electron chi connectivity index (χ0n) is 13.5. The topological polar surface area (TPSA) is 12.4 Å². The fourth-order valence-corrected chi connectivity index (χ4v) is 2.75. The van der Waals surface area contributed by atoms with Gasteiger partial charge in [-0.05, 0) is 19.8 Å². The van der Waals surface area contributed by atoms with Crippen LogP contribution in [0.25, 0.3) is 0 Å². The van der Waals surface area contributed by atoms with Crippen molar-refractivity contribution in [1.82, 2.24) is 0 Å². The minimum atomic E-state index is 0. The Morgan fingerprint density at radius 2 is 1.35 bits per heavy atom. The summed E-state index contributed by atoms with van der Waals surface area (Å²) in [5.74, 6) is 0. The zero-order chi connectivity index (χ0) is 13.8. The first-order chi connectivity index (χ1) is 9.33. The lowest BCUT2D eigenvalue weighted by atomic mass is 10.1. The maximum absolute atomic E-state index is 4.24. The maximum Gasteiger partial charge on any atom is 0.194 e. The second-order valence-corrected chi connectivity index (χ2v) is 5.89. The van der Waals surface area contributed by atoms with Crippen LogP contribution >= 0.6 is 0 Å². The number of aliphatic imine (C=N–C) groups is 1. The van der Waals surface area contributed by atoms with E-state index in [1.165, 1.54) is 70.8 Å². The van der Waals surface area contributed by atoms with Crippen LogP contribution in [-0.4, -0.2) is 23.9 Å². The van der Waals surface area contributed by atoms with Crippen molar-refractivity contribution in [2.24, 2.45) is 4.99 Å². The van der Waals surface area contributed by atoms with Crippen molar-refractivity contribution in [1.29, 1.82) is 0 Å². The summed E-state index contributed by atoms with van der Waals surface area (Å²) in [6.45, 7) is 6.90. The van der Waals surface area contributed by atoms with Gasteiger partial charge in [-0.3, -0.25) is 4.48 Å². The molecule has 1 rings (SSSR count). The van der Waals surface area contributed by atoms with Crippen LogP contribution in [0.2, 0.25) is 0 Å². The number of unbranched alkanes of at least 4 members (excludes halogenated alkanes) is 9. The van der Waals surface area contributed by atoms with Crippen molar-refractivity contribution in [3.05, 3.63) is 12.4 Å². The molecule has 0 fully saturated rings. The molecule has 0 bridgehead atoms. The molecule has 0 N–H and O–H groups in total. The Morgan fingerprint density at radius 1 is 0.800 bits per heavy atom. The van der Waals surface area contributed by atoms with Gasteiger partial charge in [0.05, 0.1) is 19.3 Å². The van der Waals surface area contributed by atoms with E-state index in [-0.39, 0.29) is 12.4 Å². The predicted octanol–water partition coefficient (Wildman–Crippen LogP) is 2.26. The summed E-state index contributed by atoms with van der Waals surface area (Å²) in [7, 11) is 0. The van der Waals surface area contributed by atoms with Crippen LogP contribution in [0, 0.1) is 0 Å². The van der Waals surface area contributed by atoms with Gasteiger partial charge in [0.1, 0.15) is 6.20 Å². The minimum absolute atomic E-state index is 0. The lowest BCUT2D eigenvalue weighted by molar-refractivity contribution is -0.777. The van der Waals surface area contributed by atoms with Crippen molar-refractivity contribution in [2.45, 2.75) is 78.1 Å². The maximum atomic E-state index is 4.24. The summed E-state index contributed by atoms with van der Waals surface area (Å²) in [6, 6.07) is 0. The number of hydrogen-bond acceptors (Lipinski definition) is 1. The van der Waals surface area contributed by atoms with Crippen molar-refractivity contribution in [3.8, 4) is 0 Å². The highest BCUT2D eigenvalue weighted by Crippen LogP contribution is 2.15. The van der Waals surface area contributed by atoms with Crippen LogP contribution in [0.15, 0.2) is 17.4 Å². The summed E-state index contributed by atoms with van der Waals surface area (Å²) in [5, 5.41) is 0. The summed E-state index contributed by atoms with van der Waals surface area (Å²) >= 11 is 0. The second kappa shape index (κ2) is 12.4. The Balaban J connectivity index is 0.00000361. The van der Waals surface area contributed by atoms with Gasteiger partial charge in [-0.25, -0.2) is 4.99 Å². The van der Waals surface area contributed by atoms with Gasteiger partial charge in [0.2, 0.25) is 0 Å². The SMILES string of the molecule is CCCCCCCCCCCC[N+]1(CC)C=CN=C1.[Cl-]. The first-order valence-corrected chi connectivity index (χ1v) is 8.41. The average molecular weight is 301 g/mol. The summed E-state index contributed by atoms with van der Waals surface area (Å²) in [4.78, 5) is 4.24. The number of halogens is 1. The van der Waals surface area contributed by atoms with Crippen LogP contribution in [0.1, 0.15) is 78.1 Å². The van der Waals surface area contributed by atoms with E-state index in [9.17, 15) is 0 Å². The normalized spacial score (nSPS) is 20.3. The zero-order valence-corrected chi connectivity index (χ0v) is 14.2. The van der Waals surface area contributed by atoms with E-state index in [2.05, 4.69) is 31.4 Å². The van der Waals surface area contributed by atoms with Gasteiger partial charge in [0.15, 0.2) is 6.34 Å². The fraction of sp³-hybridized carbons (Fsp3) is 0.824. The van der Waals surface area contributed by atoms with Crippen LogP contribution in [0.5, 0.6) is 0 Å². The number of nitrogens with zero attached hydrogens (tertiary/aromatic N) is 2. The van der Waals surface area contributed by atoms with Crippen molar-refractivity contribution in [2.75, 3.05) is 13.1 Å². The molecule has 0 amide bonds. The van der Waals surface area contributed by atoms with Crippen molar-refractivity contribution in [3.63, 3.8) is 0 Å². The van der Waals surface area contributed by atoms with Crippen molar-refractivity contribution >= 4 is 6.34 Å². The van der Waals surface area contributed by atoms with Crippen LogP contribution in [-0.2, 0) is 0 Å². The van der Waals surface area contributed by atoms with Gasteiger partial charge in [0.25, 0.3) is 0 Å². The molecule has 3 heteroatoms. The second-order valence-electron chi connectivity index (χ2n) is 5.89. The summed E-state index contributed by atoms with van der Waals surface area (Å²) in [5.41, 5.74) is 0. The lowest BCUT2D eigenvalue weighted by Crippen LogP contribution is -3.00. The Morgan fingerprint density at radius 3 is 1.80 bits per heavy atom. The molecule has 0 saturated carbocycles. The molecular formula is C17H33ClN2. The highest BCUT2D eigenvalue weighted by atomic mass is 35.5. The summed E-state index contributed by atoms with van der Waals surface area (Å²) < 4.78 is 0.969. The molecule has 1 aliphatic rings. The van der Waals surface area contributed by atoms with E-state index in [1.807, 2.05) is 6.20 Å². The van der Waals surface area contributed by atoms with Crippen LogP contribution in [0.3, 0.4) is 0 Å². The van der Waals surface area contributed by atoms with Gasteiger partial charge in [-0.1, -0.05) is 58.3 Å².